The summed E-state index contributed by atoms with van der Waals surface area (Å²) in [4.78, 5) is 15.6. The highest BCUT2D eigenvalue weighted by Gasteiger charge is 2.14. The van der Waals surface area contributed by atoms with Crippen LogP contribution >= 0.6 is 11.6 Å². The molecule has 1 aromatic carbocycles. The van der Waals surface area contributed by atoms with Crippen molar-refractivity contribution in [3.05, 3.63) is 64.9 Å². The number of nitrogens with zero attached hydrogens (tertiary/aromatic N) is 3. The van der Waals surface area contributed by atoms with Crippen LogP contribution in [0.3, 0.4) is 0 Å². The van der Waals surface area contributed by atoms with Gasteiger partial charge in [-0.3, -0.25) is 4.79 Å². The molecule has 2 aromatic heterocycles. The van der Waals surface area contributed by atoms with Crippen molar-refractivity contribution < 1.29 is 4.79 Å². The van der Waals surface area contributed by atoms with E-state index in [1.807, 2.05) is 37.3 Å². The second kappa shape index (κ2) is 5.50. The van der Waals surface area contributed by atoms with E-state index in [1.54, 1.807) is 23.1 Å². The summed E-state index contributed by atoms with van der Waals surface area (Å²) in [5.41, 5.74) is 2.83. The molecule has 0 aliphatic heterocycles. The third-order valence-electron chi connectivity index (χ3n) is 3.13. The minimum Gasteiger partial charge on any atom is -0.298 e. The van der Waals surface area contributed by atoms with E-state index in [1.165, 1.54) is 0 Å². The summed E-state index contributed by atoms with van der Waals surface area (Å²) in [7, 11) is 0. The van der Waals surface area contributed by atoms with E-state index in [-0.39, 0.29) is 0 Å². The Kier molecular flexibility index (Phi) is 3.54. The van der Waals surface area contributed by atoms with E-state index in [9.17, 15) is 4.79 Å². The van der Waals surface area contributed by atoms with E-state index in [2.05, 4.69) is 10.1 Å². The zero-order valence-corrected chi connectivity index (χ0v) is 12.1. The maximum atomic E-state index is 11.3. The molecular weight excluding hydrogens is 286 g/mol. The van der Waals surface area contributed by atoms with Crippen LogP contribution in [0.25, 0.3) is 17.1 Å². The summed E-state index contributed by atoms with van der Waals surface area (Å²) in [6.45, 7) is 1.98. The lowest BCUT2D eigenvalue weighted by atomic mass is 10.1. The molecule has 5 heteroatoms. The minimum absolute atomic E-state index is 0.478. The average Bonchev–Trinajstić information content (AvgIpc) is 2.92. The first-order valence-electron chi connectivity index (χ1n) is 6.42. The molecule has 0 aliphatic carbocycles. The topological polar surface area (TPSA) is 47.8 Å². The molecule has 0 amide bonds. The Balaban J connectivity index is 2.15. The molecule has 0 saturated carbocycles. The van der Waals surface area contributed by atoms with Gasteiger partial charge >= 0.3 is 0 Å². The van der Waals surface area contributed by atoms with E-state index < -0.39 is 0 Å². The third-order valence-corrected chi connectivity index (χ3v) is 3.46. The van der Waals surface area contributed by atoms with Crippen LogP contribution in [0.15, 0.2) is 48.8 Å². The second-order valence-electron chi connectivity index (χ2n) is 4.67. The van der Waals surface area contributed by atoms with Crippen molar-refractivity contribution in [2.45, 2.75) is 6.92 Å². The lowest BCUT2D eigenvalue weighted by Gasteiger charge is -2.02. The number of aldehydes is 1. The molecule has 0 bridgehead atoms. The highest BCUT2D eigenvalue weighted by atomic mass is 35.5. The quantitative estimate of drug-likeness (QED) is 0.692. The Labute approximate surface area is 127 Å². The van der Waals surface area contributed by atoms with Gasteiger partial charge in [-0.25, -0.2) is 9.67 Å². The van der Waals surface area contributed by atoms with Gasteiger partial charge in [0.15, 0.2) is 12.1 Å². The predicted octanol–water partition coefficient (Wildman–Crippen LogP) is 3.71. The Morgan fingerprint density at radius 2 is 2.05 bits per heavy atom. The number of hydrogen-bond acceptors (Lipinski definition) is 3. The number of carbonyl (C=O) groups excluding carboxylic acids is 1. The largest absolute Gasteiger partial charge is 0.298 e. The van der Waals surface area contributed by atoms with Gasteiger partial charge in [0.2, 0.25) is 0 Å². The molecule has 104 valence electrons. The van der Waals surface area contributed by atoms with Gasteiger partial charge in [-0.1, -0.05) is 29.8 Å². The Bertz CT molecular complexity index is 811. The number of aryl methyl sites for hydroxylation is 1. The van der Waals surface area contributed by atoms with Crippen LogP contribution in [0.1, 0.15) is 15.9 Å². The van der Waals surface area contributed by atoms with Crippen molar-refractivity contribution in [3.63, 3.8) is 0 Å². The van der Waals surface area contributed by atoms with Crippen molar-refractivity contribution in [2.75, 3.05) is 0 Å². The molecule has 3 aromatic rings. The third kappa shape index (κ3) is 2.58. The smallest absolute Gasteiger partial charge is 0.153 e. The van der Waals surface area contributed by atoms with E-state index in [0.29, 0.717) is 22.1 Å². The molecule has 2 heterocycles. The predicted molar refractivity (Wildman–Crippen MR) is 81.9 cm³/mol. The van der Waals surface area contributed by atoms with E-state index >= 15 is 0 Å². The first-order valence-corrected chi connectivity index (χ1v) is 6.79. The molecule has 0 atom stereocenters. The van der Waals surface area contributed by atoms with Gasteiger partial charge in [-0.05, 0) is 30.7 Å². The van der Waals surface area contributed by atoms with Crippen LogP contribution < -0.4 is 0 Å². The Morgan fingerprint density at radius 3 is 2.76 bits per heavy atom. The van der Waals surface area contributed by atoms with E-state index in [4.69, 9.17) is 11.6 Å². The van der Waals surface area contributed by atoms with Crippen molar-refractivity contribution in [2.24, 2.45) is 0 Å². The van der Waals surface area contributed by atoms with Gasteiger partial charge in [-0.15, -0.1) is 0 Å². The molecule has 0 radical (unpaired) electrons. The SMILES string of the molecule is Cc1ccnc(-n2cc(C=O)c(-c3ccccc3Cl)n2)c1. The maximum absolute atomic E-state index is 11.3. The monoisotopic (exact) mass is 297 g/mol. The fraction of sp³-hybridized carbons (Fsp3) is 0.0625. The zero-order valence-electron chi connectivity index (χ0n) is 11.3. The fourth-order valence-corrected chi connectivity index (χ4v) is 2.32. The van der Waals surface area contributed by atoms with Crippen LogP contribution in [0, 0.1) is 6.92 Å². The van der Waals surface area contributed by atoms with Crippen LogP contribution in [0.5, 0.6) is 0 Å². The number of halogens is 1. The summed E-state index contributed by atoms with van der Waals surface area (Å²) in [5, 5.41) is 5.02. The molecule has 3 rings (SSSR count). The van der Waals surface area contributed by atoms with Gasteiger partial charge in [0, 0.05) is 18.0 Å². The van der Waals surface area contributed by atoms with Crippen molar-refractivity contribution in [1.82, 2.24) is 14.8 Å². The van der Waals surface area contributed by atoms with Crippen LogP contribution in [-0.2, 0) is 0 Å². The Morgan fingerprint density at radius 1 is 1.24 bits per heavy atom. The number of hydrogen-bond donors (Lipinski definition) is 0. The number of rotatable bonds is 3. The zero-order chi connectivity index (χ0) is 14.8. The average molecular weight is 298 g/mol. The van der Waals surface area contributed by atoms with Crippen molar-refractivity contribution in [3.8, 4) is 17.1 Å². The first-order chi connectivity index (χ1) is 10.2. The van der Waals surface area contributed by atoms with Crippen molar-refractivity contribution in [1.29, 1.82) is 0 Å². The highest BCUT2D eigenvalue weighted by Crippen LogP contribution is 2.28. The molecule has 0 unspecified atom stereocenters. The standard InChI is InChI=1S/C16H12ClN3O/c1-11-6-7-18-15(8-11)20-9-12(10-21)16(19-20)13-4-2-3-5-14(13)17/h2-10H,1H3. The number of aromatic nitrogens is 3. The lowest BCUT2D eigenvalue weighted by Crippen LogP contribution is -1.98. The van der Waals surface area contributed by atoms with Gasteiger partial charge in [-0.2, -0.15) is 5.10 Å². The molecule has 0 saturated heterocycles. The Hall–Kier alpha value is -2.46. The normalized spacial score (nSPS) is 10.6. The molecule has 0 N–H and O–H groups in total. The van der Waals surface area contributed by atoms with Crippen molar-refractivity contribution >= 4 is 17.9 Å². The van der Waals surface area contributed by atoms with Gasteiger partial charge in [0.05, 0.1) is 10.6 Å². The lowest BCUT2D eigenvalue weighted by molar-refractivity contribution is 0.112. The fourth-order valence-electron chi connectivity index (χ4n) is 2.10. The van der Waals surface area contributed by atoms with Gasteiger partial charge in [0.25, 0.3) is 0 Å². The highest BCUT2D eigenvalue weighted by molar-refractivity contribution is 6.33. The summed E-state index contributed by atoms with van der Waals surface area (Å²) in [6, 6.07) is 11.1. The number of carbonyl (C=O) groups is 1. The molecule has 0 aliphatic rings. The molecule has 21 heavy (non-hydrogen) atoms. The van der Waals surface area contributed by atoms with E-state index in [0.717, 1.165) is 17.4 Å². The van der Waals surface area contributed by atoms with Gasteiger partial charge in [0.1, 0.15) is 5.69 Å². The minimum atomic E-state index is 0.478. The van der Waals surface area contributed by atoms with Crippen LogP contribution in [0.4, 0.5) is 0 Å². The van der Waals surface area contributed by atoms with Crippen LogP contribution in [-0.4, -0.2) is 21.1 Å². The number of pyridine rings is 1. The molecule has 4 nitrogen and oxygen atoms in total. The summed E-state index contributed by atoms with van der Waals surface area (Å²) < 4.78 is 1.59. The molecular formula is C16H12ClN3O. The molecule has 0 spiro atoms. The summed E-state index contributed by atoms with van der Waals surface area (Å²) in [5.74, 6) is 0.663. The maximum Gasteiger partial charge on any atom is 0.153 e. The summed E-state index contributed by atoms with van der Waals surface area (Å²) >= 11 is 6.19. The number of benzene rings is 1. The first kappa shape index (κ1) is 13.5. The second-order valence-corrected chi connectivity index (χ2v) is 5.07. The van der Waals surface area contributed by atoms with Crippen LogP contribution in [0.2, 0.25) is 5.02 Å². The summed E-state index contributed by atoms with van der Waals surface area (Å²) in [6.07, 6.45) is 4.15. The molecule has 0 fully saturated rings. The van der Waals surface area contributed by atoms with Gasteiger partial charge < -0.3 is 0 Å².